The fourth-order valence-electron chi connectivity index (χ4n) is 5.49. The molecule has 0 bridgehead atoms. The Kier molecular flexibility index (Phi) is 7.56. The molecule has 13 heteroatoms. The van der Waals surface area contributed by atoms with Gasteiger partial charge >= 0.3 is 31.0 Å². The maximum Gasteiger partial charge on any atom is 0.494 e. The molecule has 3 aromatic carbocycles. The van der Waals surface area contributed by atoms with E-state index in [9.17, 15) is 19.2 Å². The van der Waals surface area contributed by atoms with E-state index in [1.165, 1.54) is 32.0 Å². The van der Waals surface area contributed by atoms with E-state index in [0.717, 1.165) is 0 Å². The monoisotopic (exact) mass is 630 g/mol. The first-order valence-electron chi connectivity index (χ1n) is 14.5. The molecule has 0 aromatic heterocycles. The number of hydrogen-bond donors (Lipinski definition) is 0. The van der Waals surface area contributed by atoms with Crippen molar-refractivity contribution in [1.82, 2.24) is 0 Å². The van der Waals surface area contributed by atoms with Gasteiger partial charge in [-0.3, -0.25) is 9.59 Å². The summed E-state index contributed by atoms with van der Waals surface area (Å²) in [6, 6.07) is 14.7. The van der Waals surface area contributed by atoms with Gasteiger partial charge in [-0.2, -0.15) is 0 Å². The van der Waals surface area contributed by atoms with Crippen molar-refractivity contribution in [3.05, 3.63) is 82.4 Å². The van der Waals surface area contributed by atoms with E-state index < -0.39 is 54.6 Å². The second kappa shape index (κ2) is 11.2. The second-order valence-electron chi connectivity index (χ2n) is 12.0. The summed E-state index contributed by atoms with van der Waals surface area (Å²) in [5, 5.41) is 0. The van der Waals surface area contributed by atoms with Crippen LogP contribution in [0.1, 0.15) is 78.9 Å². The van der Waals surface area contributed by atoms with Crippen LogP contribution >= 0.6 is 0 Å². The van der Waals surface area contributed by atoms with Gasteiger partial charge in [-0.25, -0.2) is 9.59 Å². The lowest BCUT2D eigenvalue weighted by Crippen LogP contribution is -2.41. The predicted octanol–water partition coefficient (Wildman–Crippen LogP) is 4.13. The van der Waals surface area contributed by atoms with E-state index in [0.29, 0.717) is 39.4 Å². The minimum absolute atomic E-state index is 0.105. The Morgan fingerprint density at radius 1 is 0.739 bits per heavy atom. The molecule has 46 heavy (non-hydrogen) atoms. The largest absolute Gasteiger partial charge is 0.494 e. The van der Waals surface area contributed by atoms with Crippen molar-refractivity contribution in [3.63, 3.8) is 0 Å². The summed E-state index contributed by atoms with van der Waals surface area (Å²) in [6.45, 7) is 9.39. The van der Waals surface area contributed by atoms with E-state index in [-0.39, 0.29) is 17.9 Å². The third kappa shape index (κ3) is 5.25. The molecule has 0 aliphatic carbocycles. The molecule has 1 fully saturated rings. The fourth-order valence-corrected chi connectivity index (χ4v) is 5.49. The maximum absolute atomic E-state index is 13.4. The average molecular weight is 630 g/mol. The Bertz CT molecular complexity index is 1760. The van der Waals surface area contributed by atoms with E-state index in [1.807, 2.05) is 33.8 Å². The van der Waals surface area contributed by atoms with Gasteiger partial charge in [0.05, 0.1) is 22.3 Å². The highest BCUT2D eigenvalue weighted by atomic mass is 16.7. The second-order valence-corrected chi connectivity index (χ2v) is 12.0. The zero-order chi connectivity index (χ0) is 33.0. The molecule has 12 nitrogen and oxygen atoms in total. The Hall–Kier alpha value is -4.88. The zero-order valence-electron chi connectivity index (χ0n) is 26.1. The fraction of sp³-hybridized carbons (Fsp3) is 0.333. The minimum atomic E-state index is -1.54. The van der Waals surface area contributed by atoms with Crippen molar-refractivity contribution in [2.45, 2.75) is 58.3 Å². The molecule has 1 spiro atoms. The summed E-state index contributed by atoms with van der Waals surface area (Å²) in [5.74, 6) is -1.52. The molecule has 0 N–H and O–H groups in total. The van der Waals surface area contributed by atoms with Crippen LogP contribution in [0.15, 0.2) is 54.6 Å². The Morgan fingerprint density at radius 3 is 2.04 bits per heavy atom. The lowest BCUT2D eigenvalue weighted by atomic mass is 9.73. The van der Waals surface area contributed by atoms with E-state index in [4.69, 9.17) is 37.7 Å². The van der Waals surface area contributed by atoms with E-state index in [1.54, 1.807) is 30.3 Å². The van der Waals surface area contributed by atoms with Crippen molar-refractivity contribution < 1.29 is 56.9 Å². The number of ether oxygens (including phenoxy) is 6. The number of hydrogen-bond acceptors (Lipinski definition) is 12. The first-order chi connectivity index (χ1) is 21.7. The average Bonchev–Trinajstić information content (AvgIpc) is 3.39. The van der Waals surface area contributed by atoms with Gasteiger partial charge in [0.25, 0.3) is 0 Å². The summed E-state index contributed by atoms with van der Waals surface area (Å²) >= 11 is 0. The third-order valence-corrected chi connectivity index (χ3v) is 8.50. The van der Waals surface area contributed by atoms with Crippen LogP contribution in [0, 0.1) is 0 Å². The maximum atomic E-state index is 13.4. The van der Waals surface area contributed by atoms with Crippen molar-refractivity contribution >= 4 is 36.5 Å². The summed E-state index contributed by atoms with van der Waals surface area (Å²) < 4.78 is 45.5. The molecule has 1 saturated heterocycles. The van der Waals surface area contributed by atoms with Gasteiger partial charge in [-0.15, -0.1) is 0 Å². The van der Waals surface area contributed by atoms with Crippen LogP contribution in [0.3, 0.4) is 0 Å². The Morgan fingerprint density at radius 2 is 1.37 bits per heavy atom. The molecule has 3 aromatic rings. The minimum Gasteiger partial charge on any atom is -0.457 e. The van der Waals surface area contributed by atoms with Crippen molar-refractivity contribution in [3.8, 4) is 17.2 Å². The van der Waals surface area contributed by atoms with Crippen LogP contribution < -0.4 is 14.9 Å². The lowest BCUT2D eigenvalue weighted by Gasteiger charge is -2.37. The standard InChI is InChI=1S/C33H31BO12/c1-18(35)39-16-41-22-9-12-25-28(15-22)43-27-14-21(34-45-31(3,4)32(5,6)46-34)8-11-24(27)33(25)26-13-20(7-10-23(26)30(38)44-33)29(37)42-17-40-19(2)36/h7-15H,16-17H2,1-6H3/t33-/m1/s1. The molecule has 0 radical (unpaired) electrons. The SMILES string of the molecule is CC(=O)OCOC(=O)c1ccc2c(c1)[C@]1(OC2=O)c2ccc(OCOC(C)=O)cc2Oc2cc(B3OC(C)(C)C(C)(C)O3)ccc21. The number of benzene rings is 3. The molecular weight excluding hydrogens is 599 g/mol. The van der Waals surface area contributed by atoms with Gasteiger partial charge in [0, 0.05) is 36.6 Å². The Balaban J connectivity index is 1.46. The first kappa shape index (κ1) is 31.1. The number of esters is 4. The van der Waals surface area contributed by atoms with Gasteiger partial charge in [0.1, 0.15) is 17.2 Å². The van der Waals surface area contributed by atoms with Gasteiger partial charge in [0.15, 0.2) is 5.60 Å². The highest BCUT2D eigenvalue weighted by Gasteiger charge is 2.55. The third-order valence-electron chi connectivity index (χ3n) is 8.50. The zero-order valence-corrected chi connectivity index (χ0v) is 26.1. The number of fused-ring (bicyclic) bond motifs is 6. The molecule has 3 heterocycles. The summed E-state index contributed by atoms with van der Waals surface area (Å²) in [6.07, 6.45) is 0. The van der Waals surface area contributed by atoms with Crippen LogP contribution in [-0.4, -0.2) is 55.8 Å². The van der Waals surface area contributed by atoms with Crippen LogP contribution in [0.25, 0.3) is 0 Å². The first-order valence-corrected chi connectivity index (χ1v) is 14.5. The smallest absolute Gasteiger partial charge is 0.457 e. The lowest BCUT2D eigenvalue weighted by molar-refractivity contribution is -0.149. The van der Waals surface area contributed by atoms with E-state index >= 15 is 0 Å². The molecule has 0 amide bonds. The molecule has 0 unspecified atom stereocenters. The molecular formula is C33H31BO12. The van der Waals surface area contributed by atoms with Gasteiger partial charge < -0.3 is 37.7 Å². The van der Waals surface area contributed by atoms with Crippen molar-refractivity contribution in [2.75, 3.05) is 13.6 Å². The normalized spacial score (nSPS) is 19.7. The van der Waals surface area contributed by atoms with Gasteiger partial charge in [0.2, 0.25) is 13.6 Å². The topological polar surface area (TPSA) is 142 Å². The molecule has 1 atom stereocenters. The highest BCUT2D eigenvalue weighted by molar-refractivity contribution is 6.62. The molecule has 0 saturated carbocycles. The van der Waals surface area contributed by atoms with Crippen LogP contribution in [-0.2, 0) is 43.4 Å². The highest BCUT2D eigenvalue weighted by Crippen LogP contribution is 2.56. The summed E-state index contributed by atoms with van der Waals surface area (Å²) in [4.78, 5) is 48.7. The molecule has 6 rings (SSSR count). The van der Waals surface area contributed by atoms with Crippen molar-refractivity contribution in [2.24, 2.45) is 0 Å². The van der Waals surface area contributed by atoms with Crippen LogP contribution in [0.4, 0.5) is 0 Å². The number of carbonyl (C=O) groups is 4. The number of rotatable bonds is 7. The quantitative estimate of drug-likeness (QED) is 0.160. The number of carbonyl (C=O) groups excluding carboxylic acids is 4. The van der Waals surface area contributed by atoms with E-state index in [2.05, 4.69) is 0 Å². The molecule has 238 valence electrons. The molecule has 3 aliphatic heterocycles. The van der Waals surface area contributed by atoms with Gasteiger partial charge in [-0.1, -0.05) is 12.1 Å². The molecule has 3 aliphatic rings. The Labute approximate surface area is 264 Å². The summed E-state index contributed by atoms with van der Waals surface area (Å²) in [7, 11) is -0.702. The van der Waals surface area contributed by atoms with Crippen LogP contribution in [0.5, 0.6) is 17.2 Å². The van der Waals surface area contributed by atoms with Crippen molar-refractivity contribution in [1.29, 1.82) is 0 Å². The van der Waals surface area contributed by atoms with Crippen LogP contribution in [0.2, 0.25) is 0 Å². The summed E-state index contributed by atoms with van der Waals surface area (Å²) in [5.41, 5.74) is -0.369. The van der Waals surface area contributed by atoms with Gasteiger partial charge in [-0.05, 0) is 69.6 Å². The predicted molar refractivity (Wildman–Crippen MR) is 160 cm³/mol.